The SMILES string of the molecule is Cc1cc(C2CCN(C(=O)C3CNC3)CC2)ccc1OCc1ccsc1-c1cccc(-n2ncc(C(=O)O)c2C(F)(F)F)n1. The number of benzene rings is 1. The Morgan fingerprint density at radius 3 is 2.57 bits per heavy atom. The summed E-state index contributed by atoms with van der Waals surface area (Å²) < 4.78 is 47.9. The second-order valence-electron chi connectivity index (χ2n) is 11.0. The minimum absolute atomic E-state index is 0.124. The summed E-state index contributed by atoms with van der Waals surface area (Å²) in [5, 5.41) is 17.9. The number of hydrogen-bond donors (Lipinski definition) is 2. The zero-order valence-corrected chi connectivity index (χ0v) is 24.6. The molecule has 2 saturated heterocycles. The molecule has 0 radical (unpaired) electrons. The largest absolute Gasteiger partial charge is 0.489 e. The van der Waals surface area contributed by atoms with Crippen LogP contribution < -0.4 is 10.1 Å². The van der Waals surface area contributed by atoms with Gasteiger partial charge in [-0.2, -0.15) is 18.3 Å². The van der Waals surface area contributed by atoms with Crippen molar-refractivity contribution in [2.45, 2.75) is 38.5 Å². The van der Waals surface area contributed by atoms with Crippen LogP contribution in [0.5, 0.6) is 5.75 Å². The molecule has 44 heavy (non-hydrogen) atoms. The maximum absolute atomic E-state index is 13.8. The zero-order chi connectivity index (χ0) is 31.0. The van der Waals surface area contributed by atoms with Crippen LogP contribution in [0.3, 0.4) is 0 Å². The maximum Gasteiger partial charge on any atom is 0.434 e. The molecule has 2 fully saturated rings. The van der Waals surface area contributed by atoms with E-state index in [1.165, 1.54) is 23.0 Å². The number of aryl methyl sites for hydroxylation is 1. The average molecular weight is 626 g/mol. The second kappa shape index (κ2) is 12.0. The van der Waals surface area contributed by atoms with Crippen LogP contribution in [0.4, 0.5) is 13.2 Å². The summed E-state index contributed by atoms with van der Waals surface area (Å²) in [7, 11) is 0. The van der Waals surface area contributed by atoms with Crippen molar-refractivity contribution < 1.29 is 32.6 Å². The number of rotatable bonds is 8. The van der Waals surface area contributed by atoms with E-state index in [2.05, 4.69) is 27.5 Å². The first-order valence-electron chi connectivity index (χ1n) is 14.3. The molecule has 1 amide bonds. The molecule has 6 rings (SSSR count). The van der Waals surface area contributed by atoms with Gasteiger partial charge >= 0.3 is 12.1 Å². The van der Waals surface area contributed by atoms with Gasteiger partial charge in [-0.3, -0.25) is 4.79 Å². The molecule has 13 heteroatoms. The van der Waals surface area contributed by atoms with Gasteiger partial charge < -0.3 is 20.1 Å². The first-order chi connectivity index (χ1) is 21.1. The minimum Gasteiger partial charge on any atom is -0.489 e. The Bertz CT molecular complexity index is 1690. The van der Waals surface area contributed by atoms with Crippen LogP contribution in [0.1, 0.15) is 51.5 Å². The molecule has 2 aliphatic heterocycles. The lowest BCUT2D eigenvalue weighted by Gasteiger charge is -2.37. The molecule has 3 aromatic heterocycles. The molecule has 0 aliphatic carbocycles. The van der Waals surface area contributed by atoms with Crippen LogP contribution in [-0.4, -0.2) is 62.8 Å². The summed E-state index contributed by atoms with van der Waals surface area (Å²) in [4.78, 5) is 31.1. The number of ether oxygens (including phenoxy) is 1. The zero-order valence-electron chi connectivity index (χ0n) is 23.8. The highest BCUT2D eigenvalue weighted by Gasteiger charge is 2.41. The molecule has 5 heterocycles. The van der Waals surface area contributed by atoms with Gasteiger partial charge in [-0.1, -0.05) is 18.2 Å². The van der Waals surface area contributed by atoms with Crippen molar-refractivity contribution in [3.05, 3.63) is 82.0 Å². The normalized spacial score (nSPS) is 16.1. The maximum atomic E-state index is 13.8. The lowest BCUT2D eigenvalue weighted by molar-refractivity contribution is -0.143. The number of aromatic carboxylic acids is 1. The Hall–Kier alpha value is -4.23. The van der Waals surface area contributed by atoms with E-state index >= 15 is 0 Å². The number of carboxylic acid groups (broad SMARTS) is 1. The Kier molecular flexibility index (Phi) is 8.16. The van der Waals surface area contributed by atoms with Crippen molar-refractivity contribution in [3.63, 3.8) is 0 Å². The molecule has 0 unspecified atom stereocenters. The van der Waals surface area contributed by atoms with Gasteiger partial charge in [0.2, 0.25) is 5.91 Å². The van der Waals surface area contributed by atoms with Crippen LogP contribution in [0.25, 0.3) is 16.4 Å². The Morgan fingerprint density at radius 1 is 1.14 bits per heavy atom. The highest BCUT2D eigenvalue weighted by atomic mass is 32.1. The van der Waals surface area contributed by atoms with E-state index in [9.17, 15) is 27.9 Å². The average Bonchev–Trinajstić information content (AvgIpc) is 3.64. The Balaban J connectivity index is 1.14. The van der Waals surface area contributed by atoms with Gasteiger partial charge in [0, 0.05) is 31.7 Å². The molecule has 9 nitrogen and oxygen atoms in total. The van der Waals surface area contributed by atoms with Crippen LogP contribution >= 0.6 is 11.3 Å². The highest BCUT2D eigenvalue weighted by Crippen LogP contribution is 2.36. The summed E-state index contributed by atoms with van der Waals surface area (Å²) in [5.74, 6) is -0.377. The molecule has 0 atom stereocenters. The van der Waals surface area contributed by atoms with E-state index in [0.29, 0.717) is 22.5 Å². The number of hydrogen-bond acceptors (Lipinski definition) is 7. The van der Waals surface area contributed by atoms with Crippen molar-refractivity contribution in [3.8, 4) is 22.1 Å². The summed E-state index contributed by atoms with van der Waals surface area (Å²) >= 11 is 1.38. The number of carbonyl (C=O) groups is 2. The summed E-state index contributed by atoms with van der Waals surface area (Å²) in [6, 6.07) is 12.6. The molecule has 1 aromatic carbocycles. The molecule has 0 saturated carbocycles. The number of likely N-dealkylation sites (tertiary alicyclic amines) is 1. The molecular formula is C31H30F3N5O4S. The topological polar surface area (TPSA) is 110 Å². The van der Waals surface area contributed by atoms with E-state index < -0.39 is 23.4 Å². The number of carbonyl (C=O) groups excluding carboxylic acids is 1. The van der Waals surface area contributed by atoms with Crippen molar-refractivity contribution in [1.29, 1.82) is 0 Å². The Labute approximate surface area is 255 Å². The number of amides is 1. The summed E-state index contributed by atoms with van der Waals surface area (Å²) in [6.45, 7) is 5.31. The third-order valence-electron chi connectivity index (χ3n) is 8.19. The lowest BCUT2D eigenvalue weighted by Crippen LogP contribution is -2.53. The van der Waals surface area contributed by atoms with E-state index in [4.69, 9.17) is 4.74 Å². The second-order valence-corrected chi connectivity index (χ2v) is 12.0. The van der Waals surface area contributed by atoms with Gasteiger partial charge in [0.1, 0.15) is 17.9 Å². The number of carboxylic acids is 1. The highest BCUT2D eigenvalue weighted by molar-refractivity contribution is 7.13. The van der Waals surface area contributed by atoms with E-state index in [1.54, 1.807) is 12.1 Å². The van der Waals surface area contributed by atoms with Gasteiger partial charge in [0.25, 0.3) is 0 Å². The number of thiophene rings is 1. The summed E-state index contributed by atoms with van der Waals surface area (Å²) in [6.07, 6.45) is -2.41. The first-order valence-corrected chi connectivity index (χ1v) is 15.1. The smallest absolute Gasteiger partial charge is 0.434 e. The van der Waals surface area contributed by atoms with Gasteiger partial charge in [-0.15, -0.1) is 11.3 Å². The number of pyridine rings is 1. The summed E-state index contributed by atoms with van der Waals surface area (Å²) in [5.41, 5.74) is 1.11. The first kappa shape index (κ1) is 29.8. The molecule has 2 N–H and O–H groups in total. The number of nitrogens with zero attached hydrogens (tertiary/aromatic N) is 4. The minimum atomic E-state index is -4.94. The van der Waals surface area contributed by atoms with Gasteiger partial charge in [0.15, 0.2) is 11.5 Å². The van der Waals surface area contributed by atoms with Crippen LogP contribution in [0.15, 0.2) is 54.0 Å². The fourth-order valence-corrected chi connectivity index (χ4v) is 6.57. The van der Waals surface area contributed by atoms with E-state index in [1.807, 2.05) is 29.3 Å². The molecule has 230 valence electrons. The number of alkyl halides is 3. The third-order valence-corrected chi connectivity index (χ3v) is 9.17. The van der Waals surface area contributed by atoms with Crippen molar-refractivity contribution >= 4 is 23.2 Å². The number of halogens is 3. The van der Waals surface area contributed by atoms with Gasteiger partial charge in [-0.25, -0.2) is 14.5 Å². The number of nitrogens with one attached hydrogen (secondary N) is 1. The molecule has 0 bridgehead atoms. The molecule has 4 aromatic rings. The van der Waals surface area contributed by atoms with Crippen molar-refractivity contribution in [2.75, 3.05) is 26.2 Å². The third kappa shape index (κ3) is 5.93. The van der Waals surface area contributed by atoms with Crippen LogP contribution in [0.2, 0.25) is 0 Å². The van der Waals surface area contributed by atoms with E-state index in [0.717, 1.165) is 60.8 Å². The van der Waals surface area contributed by atoms with Crippen LogP contribution in [0, 0.1) is 12.8 Å². The standard InChI is InChI=1S/C31H30F3N5O4S/c1-18-13-20(19-7-10-38(11-8-19)29(40)22-14-35-15-22)5-6-25(18)43-17-21-9-12-44-27(21)24-3-2-4-26(37-24)39-28(31(32,33)34)23(16-36-39)30(41)42/h2-6,9,12-13,16,19,22,35H,7-8,10-11,14-15,17H2,1H3,(H,41,42). The monoisotopic (exact) mass is 625 g/mol. The molecule has 0 spiro atoms. The Morgan fingerprint density at radius 2 is 1.91 bits per heavy atom. The van der Waals surface area contributed by atoms with Crippen molar-refractivity contribution in [1.82, 2.24) is 25.0 Å². The molecular weight excluding hydrogens is 595 g/mol. The predicted octanol–water partition coefficient (Wildman–Crippen LogP) is 5.53. The van der Waals surface area contributed by atoms with Gasteiger partial charge in [-0.05, 0) is 66.5 Å². The van der Waals surface area contributed by atoms with E-state index in [-0.39, 0.29) is 24.2 Å². The fourth-order valence-electron chi connectivity index (χ4n) is 5.69. The number of aromatic nitrogens is 3. The van der Waals surface area contributed by atoms with Gasteiger partial charge in [0.05, 0.1) is 22.7 Å². The number of piperidine rings is 1. The molecule has 2 aliphatic rings. The lowest BCUT2D eigenvalue weighted by atomic mass is 9.88. The predicted molar refractivity (Wildman–Crippen MR) is 157 cm³/mol. The fraction of sp³-hybridized carbons (Fsp3) is 0.355. The van der Waals surface area contributed by atoms with Crippen LogP contribution in [-0.2, 0) is 17.6 Å². The van der Waals surface area contributed by atoms with Crippen molar-refractivity contribution in [2.24, 2.45) is 5.92 Å². The quantitative estimate of drug-likeness (QED) is 0.265.